The molecule has 3 aromatic rings. The molecule has 0 atom stereocenters. The van der Waals surface area contributed by atoms with Gasteiger partial charge in [-0.05, 0) is 19.1 Å². The van der Waals surface area contributed by atoms with E-state index in [-0.39, 0.29) is 11.3 Å². The van der Waals surface area contributed by atoms with Crippen LogP contribution in [-0.4, -0.2) is 26.0 Å². The Bertz CT molecular complexity index is 821. The van der Waals surface area contributed by atoms with E-state index in [9.17, 15) is 9.90 Å². The lowest BCUT2D eigenvalue weighted by Crippen LogP contribution is -2.03. The molecule has 3 rings (SSSR count). The van der Waals surface area contributed by atoms with Crippen molar-refractivity contribution >= 4 is 16.7 Å². The van der Waals surface area contributed by atoms with Gasteiger partial charge in [-0.1, -0.05) is 24.3 Å². The van der Waals surface area contributed by atoms with Crippen LogP contribution >= 0.6 is 0 Å². The first-order valence-corrected chi connectivity index (χ1v) is 6.08. The number of aromatic hydroxyl groups is 1. The standard InChI is InChI=1S/C15H12N2O3/c1-9-12(15(19)20)8-16-17(9)13-6-2-5-11-10(13)4-3-7-14(11)18/h2-8,18H,1H3,(H,19,20). The molecule has 0 spiro atoms. The fraction of sp³-hybridized carbons (Fsp3) is 0.0667. The monoisotopic (exact) mass is 268 g/mol. The zero-order chi connectivity index (χ0) is 14.3. The van der Waals surface area contributed by atoms with Crippen molar-refractivity contribution in [1.82, 2.24) is 9.78 Å². The van der Waals surface area contributed by atoms with Gasteiger partial charge in [0.1, 0.15) is 11.3 Å². The van der Waals surface area contributed by atoms with Crippen molar-refractivity contribution in [2.45, 2.75) is 6.92 Å². The summed E-state index contributed by atoms with van der Waals surface area (Å²) in [6, 6.07) is 10.7. The van der Waals surface area contributed by atoms with E-state index in [1.54, 1.807) is 29.8 Å². The molecule has 0 aliphatic rings. The molecule has 0 unspecified atom stereocenters. The van der Waals surface area contributed by atoms with E-state index in [0.717, 1.165) is 11.1 Å². The summed E-state index contributed by atoms with van der Waals surface area (Å²) < 4.78 is 1.57. The number of fused-ring (bicyclic) bond motifs is 1. The average Bonchev–Trinajstić information content (AvgIpc) is 2.80. The second-order valence-electron chi connectivity index (χ2n) is 4.51. The number of carboxylic acid groups (broad SMARTS) is 1. The lowest BCUT2D eigenvalue weighted by molar-refractivity contribution is 0.0696. The van der Waals surface area contributed by atoms with Crippen molar-refractivity contribution in [3.8, 4) is 11.4 Å². The highest BCUT2D eigenvalue weighted by atomic mass is 16.4. The maximum Gasteiger partial charge on any atom is 0.339 e. The van der Waals surface area contributed by atoms with Crippen molar-refractivity contribution in [2.24, 2.45) is 0 Å². The van der Waals surface area contributed by atoms with E-state index in [0.29, 0.717) is 11.1 Å². The Morgan fingerprint density at radius 3 is 2.55 bits per heavy atom. The molecule has 100 valence electrons. The van der Waals surface area contributed by atoms with Gasteiger partial charge in [-0.3, -0.25) is 0 Å². The summed E-state index contributed by atoms with van der Waals surface area (Å²) in [6.07, 6.45) is 1.33. The number of rotatable bonds is 2. The molecule has 0 saturated heterocycles. The Hall–Kier alpha value is -2.82. The second kappa shape index (κ2) is 4.38. The van der Waals surface area contributed by atoms with Crippen LogP contribution in [0.3, 0.4) is 0 Å². The van der Waals surface area contributed by atoms with Gasteiger partial charge in [-0.15, -0.1) is 0 Å². The van der Waals surface area contributed by atoms with Gasteiger partial charge in [0.15, 0.2) is 0 Å². The molecule has 0 saturated carbocycles. The first kappa shape index (κ1) is 12.2. The van der Waals surface area contributed by atoms with Crippen LogP contribution in [0.4, 0.5) is 0 Å². The number of aromatic carboxylic acids is 1. The van der Waals surface area contributed by atoms with Crippen LogP contribution in [-0.2, 0) is 0 Å². The number of benzene rings is 2. The quantitative estimate of drug-likeness (QED) is 0.749. The zero-order valence-electron chi connectivity index (χ0n) is 10.7. The number of hydrogen-bond acceptors (Lipinski definition) is 3. The zero-order valence-corrected chi connectivity index (χ0v) is 10.7. The van der Waals surface area contributed by atoms with E-state index in [4.69, 9.17) is 5.11 Å². The Morgan fingerprint density at radius 2 is 1.85 bits per heavy atom. The number of aromatic nitrogens is 2. The van der Waals surface area contributed by atoms with Crippen LogP contribution in [0.1, 0.15) is 16.1 Å². The third-order valence-corrected chi connectivity index (χ3v) is 3.34. The highest BCUT2D eigenvalue weighted by molar-refractivity contribution is 5.95. The minimum Gasteiger partial charge on any atom is -0.507 e. The van der Waals surface area contributed by atoms with E-state index in [1.165, 1.54) is 6.20 Å². The van der Waals surface area contributed by atoms with Gasteiger partial charge in [0.05, 0.1) is 17.6 Å². The van der Waals surface area contributed by atoms with Gasteiger partial charge in [0.2, 0.25) is 0 Å². The molecule has 0 radical (unpaired) electrons. The molecular weight excluding hydrogens is 256 g/mol. The summed E-state index contributed by atoms with van der Waals surface area (Å²) in [5.74, 6) is -0.815. The molecule has 1 aromatic heterocycles. The van der Waals surface area contributed by atoms with Crippen LogP contribution in [0.5, 0.6) is 5.75 Å². The van der Waals surface area contributed by atoms with E-state index < -0.39 is 5.97 Å². The highest BCUT2D eigenvalue weighted by Crippen LogP contribution is 2.29. The van der Waals surface area contributed by atoms with Crippen LogP contribution in [0.2, 0.25) is 0 Å². The molecule has 0 amide bonds. The Morgan fingerprint density at radius 1 is 1.15 bits per heavy atom. The number of nitrogens with zero attached hydrogens (tertiary/aromatic N) is 2. The summed E-state index contributed by atoms with van der Waals surface area (Å²) in [4.78, 5) is 11.1. The van der Waals surface area contributed by atoms with Crippen molar-refractivity contribution in [2.75, 3.05) is 0 Å². The molecule has 2 N–H and O–H groups in total. The number of carboxylic acids is 1. The van der Waals surface area contributed by atoms with Crippen LogP contribution in [0.25, 0.3) is 16.5 Å². The van der Waals surface area contributed by atoms with Crippen molar-refractivity contribution in [1.29, 1.82) is 0 Å². The predicted octanol–water partition coefficient (Wildman–Crippen LogP) is 2.74. The highest BCUT2D eigenvalue weighted by Gasteiger charge is 2.15. The molecule has 0 fully saturated rings. The summed E-state index contributed by atoms with van der Waals surface area (Å²) in [7, 11) is 0. The normalized spacial score (nSPS) is 10.8. The summed E-state index contributed by atoms with van der Waals surface area (Å²) in [5, 5.41) is 24.6. The number of phenols is 1. The van der Waals surface area contributed by atoms with Crippen molar-refractivity contribution < 1.29 is 15.0 Å². The topological polar surface area (TPSA) is 75.3 Å². The van der Waals surface area contributed by atoms with Gasteiger partial charge >= 0.3 is 5.97 Å². The molecule has 5 nitrogen and oxygen atoms in total. The molecule has 2 aromatic carbocycles. The minimum atomic E-state index is -1.00. The third-order valence-electron chi connectivity index (χ3n) is 3.34. The third kappa shape index (κ3) is 1.72. The maximum atomic E-state index is 11.1. The Kier molecular flexibility index (Phi) is 2.68. The maximum absolute atomic E-state index is 11.1. The summed E-state index contributed by atoms with van der Waals surface area (Å²) in [5.41, 5.74) is 1.46. The number of hydrogen-bond donors (Lipinski definition) is 2. The fourth-order valence-corrected chi connectivity index (χ4v) is 2.32. The van der Waals surface area contributed by atoms with Crippen LogP contribution in [0.15, 0.2) is 42.6 Å². The molecule has 0 bridgehead atoms. The fourth-order valence-electron chi connectivity index (χ4n) is 2.32. The number of carbonyl (C=O) groups is 1. The molecule has 5 heteroatoms. The van der Waals surface area contributed by atoms with Gasteiger partial charge in [-0.2, -0.15) is 5.10 Å². The molecule has 1 heterocycles. The van der Waals surface area contributed by atoms with Crippen LogP contribution in [0, 0.1) is 6.92 Å². The Balaban J connectivity index is 2.30. The second-order valence-corrected chi connectivity index (χ2v) is 4.51. The van der Waals surface area contributed by atoms with Crippen molar-refractivity contribution in [3.63, 3.8) is 0 Å². The van der Waals surface area contributed by atoms with Gasteiger partial charge in [0, 0.05) is 10.8 Å². The lowest BCUT2D eigenvalue weighted by atomic mass is 10.1. The molecular formula is C15H12N2O3. The van der Waals surface area contributed by atoms with E-state index in [1.807, 2.05) is 18.2 Å². The largest absolute Gasteiger partial charge is 0.507 e. The minimum absolute atomic E-state index is 0.169. The first-order chi connectivity index (χ1) is 9.59. The first-order valence-electron chi connectivity index (χ1n) is 6.08. The van der Waals surface area contributed by atoms with Gasteiger partial charge in [-0.25, -0.2) is 9.48 Å². The summed E-state index contributed by atoms with van der Waals surface area (Å²) >= 11 is 0. The molecule has 20 heavy (non-hydrogen) atoms. The molecule has 0 aliphatic carbocycles. The van der Waals surface area contributed by atoms with Gasteiger partial charge < -0.3 is 10.2 Å². The van der Waals surface area contributed by atoms with Crippen molar-refractivity contribution in [3.05, 3.63) is 53.9 Å². The Labute approximate surface area is 114 Å². The average molecular weight is 268 g/mol. The lowest BCUT2D eigenvalue weighted by Gasteiger charge is -2.09. The number of phenolic OH excluding ortho intramolecular Hbond substituents is 1. The van der Waals surface area contributed by atoms with Crippen LogP contribution < -0.4 is 0 Å². The predicted molar refractivity (Wildman–Crippen MR) is 74.4 cm³/mol. The summed E-state index contributed by atoms with van der Waals surface area (Å²) in [6.45, 7) is 1.71. The smallest absolute Gasteiger partial charge is 0.339 e. The molecule has 0 aliphatic heterocycles. The van der Waals surface area contributed by atoms with E-state index in [2.05, 4.69) is 5.10 Å². The van der Waals surface area contributed by atoms with E-state index >= 15 is 0 Å². The van der Waals surface area contributed by atoms with Gasteiger partial charge in [0.25, 0.3) is 0 Å². The SMILES string of the molecule is Cc1c(C(=O)O)cnn1-c1cccc2c(O)cccc12.